The lowest BCUT2D eigenvalue weighted by Crippen LogP contribution is -2.44. The highest BCUT2D eigenvalue weighted by molar-refractivity contribution is 5.91. The summed E-state index contributed by atoms with van der Waals surface area (Å²) in [7, 11) is 0. The molecule has 0 aromatic carbocycles. The predicted octanol–water partition coefficient (Wildman–Crippen LogP) is 0.414. The normalized spacial score (nSPS) is 12.3. The minimum absolute atomic E-state index is 0.0215. The minimum Gasteiger partial charge on any atom is -0.345 e. The summed E-state index contributed by atoms with van der Waals surface area (Å²) in [6.45, 7) is 5.26. The van der Waals surface area contributed by atoms with Crippen molar-refractivity contribution in [3.63, 3.8) is 0 Å². The minimum atomic E-state index is -0.523. The van der Waals surface area contributed by atoms with Crippen molar-refractivity contribution in [1.82, 2.24) is 5.32 Å². The van der Waals surface area contributed by atoms with Gasteiger partial charge in [0.2, 0.25) is 5.91 Å². The number of ketones is 2. The number of amides is 1. The van der Waals surface area contributed by atoms with Gasteiger partial charge in [-0.25, -0.2) is 0 Å². The number of hydrogen-bond donors (Lipinski definition) is 2. The van der Waals surface area contributed by atoms with E-state index >= 15 is 0 Å². The Kier molecular flexibility index (Phi) is 7.37. The highest BCUT2D eigenvalue weighted by atomic mass is 16.2. The molecule has 1 unspecified atom stereocenters. The van der Waals surface area contributed by atoms with Crippen molar-refractivity contribution in [3.8, 4) is 0 Å². The summed E-state index contributed by atoms with van der Waals surface area (Å²) in [5.41, 5.74) is 5.20. The summed E-state index contributed by atoms with van der Waals surface area (Å²) in [5, 5.41) is 2.60. The smallest absolute Gasteiger partial charge is 0.234 e. The highest BCUT2D eigenvalue weighted by Gasteiger charge is 2.21. The van der Waals surface area contributed by atoms with E-state index in [4.69, 9.17) is 5.73 Å². The van der Waals surface area contributed by atoms with Crippen LogP contribution < -0.4 is 11.1 Å². The predicted molar refractivity (Wildman–Crippen MR) is 65.4 cm³/mol. The van der Waals surface area contributed by atoms with Gasteiger partial charge in [0.25, 0.3) is 0 Å². The van der Waals surface area contributed by atoms with Crippen LogP contribution in [0.5, 0.6) is 0 Å². The maximum Gasteiger partial charge on any atom is 0.234 e. The van der Waals surface area contributed by atoms with Gasteiger partial charge in [0.15, 0.2) is 5.78 Å². The summed E-state index contributed by atoms with van der Waals surface area (Å²) < 4.78 is 0. The van der Waals surface area contributed by atoms with Crippen molar-refractivity contribution in [2.45, 2.75) is 46.1 Å². The highest BCUT2D eigenvalue weighted by Crippen LogP contribution is 2.08. The van der Waals surface area contributed by atoms with Gasteiger partial charge in [0, 0.05) is 12.8 Å². The van der Waals surface area contributed by atoms with Gasteiger partial charge in [-0.2, -0.15) is 0 Å². The number of Topliss-reactive ketones (excluding diaryl/α,β-unsaturated/α-hetero) is 2. The first kappa shape index (κ1) is 15.8. The standard InChI is InChI=1S/C12H22N2O3/c1-8(2)6-10(14-12(17)7-13)11(16)5-4-9(3)15/h8,10H,4-7,13H2,1-3H3,(H,14,17). The molecule has 0 aromatic heterocycles. The second kappa shape index (κ2) is 7.95. The zero-order valence-electron chi connectivity index (χ0n) is 10.8. The van der Waals surface area contributed by atoms with Crippen molar-refractivity contribution >= 4 is 17.5 Å². The molecule has 0 spiro atoms. The summed E-state index contributed by atoms with van der Waals surface area (Å²) in [5.74, 6) is -0.173. The second-order valence-electron chi connectivity index (χ2n) is 4.62. The fraction of sp³-hybridized carbons (Fsp3) is 0.750. The van der Waals surface area contributed by atoms with Gasteiger partial charge in [0.05, 0.1) is 12.6 Å². The number of carbonyl (C=O) groups is 3. The zero-order valence-corrected chi connectivity index (χ0v) is 10.8. The Morgan fingerprint density at radius 1 is 1.18 bits per heavy atom. The van der Waals surface area contributed by atoms with Gasteiger partial charge >= 0.3 is 0 Å². The maximum absolute atomic E-state index is 11.8. The molecule has 5 heteroatoms. The largest absolute Gasteiger partial charge is 0.345 e. The molecular weight excluding hydrogens is 220 g/mol. The molecule has 0 heterocycles. The van der Waals surface area contributed by atoms with Crippen LogP contribution in [-0.4, -0.2) is 30.1 Å². The molecule has 17 heavy (non-hydrogen) atoms. The molecule has 0 saturated heterocycles. The van der Waals surface area contributed by atoms with Crippen molar-refractivity contribution in [2.24, 2.45) is 11.7 Å². The van der Waals surface area contributed by atoms with E-state index < -0.39 is 6.04 Å². The molecule has 0 aliphatic rings. The van der Waals surface area contributed by atoms with Crippen molar-refractivity contribution in [3.05, 3.63) is 0 Å². The van der Waals surface area contributed by atoms with Gasteiger partial charge in [0.1, 0.15) is 5.78 Å². The summed E-state index contributed by atoms with van der Waals surface area (Å²) >= 11 is 0. The molecule has 1 atom stereocenters. The van der Waals surface area contributed by atoms with Gasteiger partial charge in [-0.1, -0.05) is 13.8 Å². The molecule has 5 nitrogen and oxygen atoms in total. The van der Waals surface area contributed by atoms with Crippen LogP contribution in [0.1, 0.15) is 40.0 Å². The fourth-order valence-corrected chi connectivity index (χ4v) is 1.47. The van der Waals surface area contributed by atoms with E-state index in [1.807, 2.05) is 13.8 Å². The van der Waals surface area contributed by atoms with E-state index in [1.54, 1.807) is 0 Å². The third kappa shape index (κ3) is 7.63. The molecular formula is C12H22N2O3. The molecule has 0 aliphatic carbocycles. The summed E-state index contributed by atoms with van der Waals surface area (Å²) in [6, 6.07) is -0.523. The average molecular weight is 242 g/mol. The van der Waals surface area contributed by atoms with Crippen molar-refractivity contribution < 1.29 is 14.4 Å². The Morgan fingerprint density at radius 3 is 2.18 bits per heavy atom. The first-order valence-electron chi connectivity index (χ1n) is 5.88. The lowest BCUT2D eigenvalue weighted by atomic mass is 9.97. The zero-order chi connectivity index (χ0) is 13.4. The molecule has 0 rings (SSSR count). The van der Waals surface area contributed by atoms with Crippen LogP contribution in [0.3, 0.4) is 0 Å². The Bertz CT molecular complexity index is 287. The van der Waals surface area contributed by atoms with E-state index in [-0.39, 0.29) is 36.9 Å². The summed E-state index contributed by atoms with van der Waals surface area (Å²) in [4.78, 5) is 33.8. The lowest BCUT2D eigenvalue weighted by molar-refractivity contribution is -0.128. The van der Waals surface area contributed by atoms with Gasteiger partial charge < -0.3 is 15.8 Å². The Morgan fingerprint density at radius 2 is 1.76 bits per heavy atom. The topological polar surface area (TPSA) is 89.3 Å². The van der Waals surface area contributed by atoms with E-state index in [9.17, 15) is 14.4 Å². The van der Waals surface area contributed by atoms with Crippen LogP contribution in [0, 0.1) is 5.92 Å². The van der Waals surface area contributed by atoms with Gasteiger partial charge in [-0.3, -0.25) is 9.59 Å². The third-order valence-electron chi connectivity index (χ3n) is 2.34. The number of nitrogens with two attached hydrogens (primary N) is 1. The van der Waals surface area contributed by atoms with Crippen LogP contribution in [0.15, 0.2) is 0 Å². The van der Waals surface area contributed by atoms with Crippen LogP contribution in [0.4, 0.5) is 0 Å². The van der Waals surface area contributed by atoms with Gasteiger partial charge in [-0.15, -0.1) is 0 Å². The molecule has 0 saturated carbocycles. The Hall–Kier alpha value is -1.23. The maximum atomic E-state index is 11.8. The summed E-state index contributed by atoms with van der Waals surface area (Å²) in [6.07, 6.45) is 0.978. The van der Waals surface area contributed by atoms with Crippen LogP contribution in [0.25, 0.3) is 0 Å². The Balaban J connectivity index is 4.39. The molecule has 98 valence electrons. The number of carbonyl (C=O) groups excluding carboxylic acids is 3. The molecule has 0 bridgehead atoms. The average Bonchev–Trinajstić information content (AvgIpc) is 2.23. The molecule has 0 aromatic rings. The van der Waals surface area contributed by atoms with Crippen LogP contribution in [-0.2, 0) is 14.4 Å². The van der Waals surface area contributed by atoms with Crippen molar-refractivity contribution in [1.29, 1.82) is 0 Å². The fourth-order valence-electron chi connectivity index (χ4n) is 1.47. The molecule has 0 aliphatic heterocycles. The van der Waals surface area contributed by atoms with E-state index in [1.165, 1.54) is 6.92 Å². The first-order valence-corrected chi connectivity index (χ1v) is 5.88. The van der Waals surface area contributed by atoms with E-state index in [0.717, 1.165) is 0 Å². The molecule has 0 fully saturated rings. The van der Waals surface area contributed by atoms with Crippen LogP contribution >= 0.6 is 0 Å². The van der Waals surface area contributed by atoms with Crippen molar-refractivity contribution in [2.75, 3.05) is 6.54 Å². The number of rotatable bonds is 8. The monoisotopic (exact) mass is 242 g/mol. The lowest BCUT2D eigenvalue weighted by Gasteiger charge is -2.19. The second-order valence-corrected chi connectivity index (χ2v) is 4.62. The molecule has 3 N–H and O–H groups in total. The number of nitrogens with one attached hydrogen (secondary N) is 1. The molecule has 1 amide bonds. The van der Waals surface area contributed by atoms with E-state index in [2.05, 4.69) is 5.32 Å². The molecule has 0 radical (unpaired) electrons. The quantitative estimate of drug-likeness (QED) is 0.645. The SMILES string of the molecule is CC(=O)CCC(=O)C(CC(C)C)NC(=O)CN. The Labute approximate surface area is 102 Å². The third-order valence-corrected chi connectivity index (χ3v) is 2.34. The first-order chi connectivity index (χ1) is 7.86. The van der Waals surface area contributed by atoms with Gasteiger partial charge in [-0.05, 0) is 19.3 Å². The van der Waals surface area contributed by atoms with E-state index in [0.29, 0.717) is 12.3 Å². The van der Waals surface area contributed by atoms with Crippen LogP contribution in [0.2, 0.25) is 0 Å². The number of hydrogen-bond acceptors (Lipinski definition) is 4.